The molecule has 0 atom stereocenters. The zero-order valence-electron chi connectivity index (χ0n) is 16.0. The number of rotatable bonds is 5. The number of nitrogens with one attached hydrogen (secondary N) is 1. The van der Waals surface area contributed by atoms with Crippen molar-refractivity contribution in [2.24, 2.45) is 7.05 Å². The van der Waals surface area contributed by atoms with Crippen LogP contribution in [0, 0.1) is 0 Å². The van der Waals surface area contributed by atoms with Gasteiger partial charge in [0.2, 0.25) is 0 Å². The Bertz CT molecular complexity index is 694. The fraction of sp³-hybridized carbons (Fsp3) is 0.591. The summed E-state index contributed by atoms with van der Waals surface area (Å²) in [5.41, 5.74) is 3.85. The SMILES string of the molecule is Cn1nccc1-c1ccccc1CNC1CCN(C2CCCCC2)CC1. The van der Waals surface area contributed by atoms with E-state index in [-0.39, 0.29) is 0 Å². The predicted molar refractivity (Wildman–Crippen MR) is 107 cm³/mol. The Morgan fingerprint density at radius 2 is 1.77 bits per heavy atom. The van der Waals surface area contributed by atoms with Gasteiger partial charge < -0.3 is 10.2 Å². The van der Waals surface area contributed by atoms with Crippen molar-refractivity contribution in [1.82, 2.24) is 20.0 Å². The molecule has 4 nitrogen and oxygen atoms in total. The molecule has 1 saturated heterocycles. The Kier molecular flexibility index (Phi) is 5.71. The van der Waals surface area contributed by atoms with Crippen molar-refractivity contribution in [3.05, 3.63) is 42.1 Å². The Hall–Kier alpha value is -1.65. The Labute approximate surface area is 157 Å². The maximum Gasteiger partial charge on any atom is 0.0682 e. The molecule has 140 valence electrons. The van der Waals surface area contributed by atoms with Crippen LogP contribution in [0.15, 0.2) is 36.5 Å². The summed E-state index contributed by atoms with van der Waals surface area (Å²) in [6.45, 7) is 3.48. The van der Waals surface area contributed by atoms with Crippen LogP contribution in [-0.4, -0.2) is 39.9 Å². The number of piperidine rings is 1. The summed E-state index contributed by atoms with van der Waals surface area (Å²) in [6.07, 6.45) is 11.6. The first kappa shape index (κ1) is 17.7. The van der Waals surface area contributed by atoms with Crippen LogP contribution in [0.1, 0.15) is 50.5 Å². The van der Waals surface area contributed by atoms with Crippen LogP contribution in [-0.2, 0) is 13.6 Å². The highest BCUT2D eigenvalue weighted by molar-refractivity contribution is 5.63. The first-order valence-electron chi connectivity index (χ1n) is 10.3. The van der Waals surface area contributed by atoms with E-state index in [1.54, 1.807) is 0 Å². The molecule has 1 aliphatic carbocycles. The summed E-state index contributed by atoms with van der Waals surface area (Å²) in [4.78, 5) is 2.76. The molecular formula is C22H32N4. The third-order valence-corrected chi connectivity index (χ3v) is 6.32. The first-order valence-corrected chi connectivity index (χ1v) is 10.3. The van der Waals surface area contributed by atoms with Gasteiger partial charge in [0.1, 0.15) is 0 Å². The van der Waals surface area contributed by atoms with Crippen LogP contribution >= 0.6 is 0 Å². The average molecular weight is 353 g/mol. The van der Waals surface area contributed by atoms with Crippen LogP contribution in [0.25, 0.3) is 11.3 Å². The van der Waals surface area contributed by atoms with Gasteiger partial charge in [0.25, 0.3) is 0 Å². The molecule has 2 fully saturated rings. The highest BCUT2D eigenvalue weighted by Gasteiger charge is 2.26. The van der Waals surface area contributed by atoms with Crippen molar-refractivity contribution in [3.8, 4) is 11.3 Å². The summed E-state index contributed by atoms with van der Waals surface area (Å²) in [5, 5.41) is 8.15. The second-order valence-corrected chi connectivity index (χ2v) is 7.98. The topological polar surface area (TPSA) is 33.1 Å². The van der Waals surface area contributed by atoms with E-state index >= 15 is 0 Å². The molecule has 0 radical (unpaired) electrons. The molecule has 4 rings (SSSR count). The molecule has 1 aromatic carbocycles. The van der Waals surface area contributed by atoms with Gasteiger partial charge >= 0.3 is 0 Å². The van der Waals surface area contributed by atoms with Gasteiger partial charge in [-0.05, 0) is 50.4 Å². The minimum Gasteiger partial charge on any atom is -0.310 e. The second kappa shape index (κ2) is 8.36. The van der Waals surface area contributed by atoms with Gasteiger partial charge in [-0.3, -0.25) is 4.68 Å². The molecule has 0 spiro atoms. The van der Waals surface area contributed by atoms with Crippen molar-refractivity contribution in [2.45, 2.75) is 63.6 Å². The monoisotopic (exact) mass is 352 g/mol. The van der Waals surface area contributed by atoms with E-state index in [0.717, 1.165) is 12.6 Å². The number of hydrogen-bond acceptors (Lipinski definition) is 3. The number of likely N-dealkylation sites (tertiary alicyclic amines) is 1. The Morgan fingerprint density at radius 3 is 2.50 bits per heavy atom. The molecule has 2 aliphatic rings. The molecule has 2 heterocycles. The van der Waals surface area contributed by atoms with Crippen LogP contribution in [0.5, 0.6) is 0 Å². The number of aromatic nitrogens is 2. The number of nitrogens with zero attached hydrogens (tertiary/aromatic N) is 3. The van der Waals surface area contributed by atoms with E-state index in [0.29, 0.717) is 6.04 Å². The van der Waals surface area contributed by atoms with Crippen molar-refractivity contribution in [1.29, 1.82) is 0 Å². The van der Waals surface area contributed by atoms with Crippen LogP contribution < -0.4 is 5.32 Å². The fourth-order valence-electron chi connectivity index (χ4n) is 4.73. The average Bonchev–Trinajstić information content (AvgIpc) is 3.13. The molecule has 0 unspecified atom stereocenters. The van der Waals surface area contributed by atoms with Crippen molar-refractivity contribution in [2.75, 3.05) is 13.1 Å². The zero-order chi connectivity index (χ0) is 17.8. The normalized spacial score (nSPS) is 20.5. The molecule has 1 aliphatic heterocycles. The lowest BCUT2D eigenvalue weighted by atomic mass is 9.92. The second-order valence-electron chi connectivity index (χ2n) is 7.98. The van der Waals surface area contributed by atoms with Gasteiger partial charge in [-0.15, -0.1) is 0 Å². The Morgan fingerprint density at radius 1 is 1.00 bits per heavy atom. The van der Waals surface area contributed by atoms with E-state index in [1.165, 1.54) is 74.9 Å². The molecule has 2 aromatic rings. The minimum atomic E-state index is 0.648. The van der Waals surface area contributed by atoms with Crippen LogP contribution in [0.2, 0.25) is 0 Å². The van der Waals surface area contributed by atoms with Gasteiger partial charge in [-0.25, -0.2) is 0 Å². The number of aryl methyl sites for hydroxylation is 1. The predicted octanol–water partition coefficient (Wildman–Crippen LogP) is 3.97. The van der Waals surface area contributed by atoms with Crippen molar-refractivity contribution >= 4 is 0 Å². The van der Waals surface area contributed by atoms with Crippen LogP contribution in [0.3, 0.4) is 0 Å². The highest BCUT2D eigenvalue weighted by Crippen LogP contribution is 2.26. The maximum absolute atomic E-state index is 4.33. The van der Waals surface area contributed by atoms with Gasteiger partial charge in [0, 0.05) is 37.4 Å². The minimum absolute atomic E-state index is 0.648. The quantitative estimate of drug-likeness (QED) is 0.884. The lowest BCUT2D eigenvalue weighted by molar-refractivity contribution is 0.115. The van der Waals surface area contributed by atoms with Gasteiger partial charge in [-0.2, -0.15) is 5.10 Å². The summed E-state index contributed by atoms with van der Waals surface area (Å²) in [6, 6.07) is 12.3. The van der Waals surface area contributed by atoms with Gasteiger partial charge in [0.05, 0.1) is 5.69 Å². The van der Waals surface area contributed by atoms with Gasteiger partial charge in [-0.1, -0.05) is 43.5 Å². The van der Waals surface area contributed by atoms with E-state index in [1.807, 2.05) is 17.9 Å². The van der Waals surface area contributed by atoms with Crippen LogP contribution in [0.4, 0.5) is 0 Å². The van der Waals surface area contributed by atoms with E-state index < -0.39 is 0 Å². The fourth-order valence-corrected chi connectivity index (χ4v) is 4.73. The number of hydrogen-bond donors (Lipinski definition) is 1. The third kappa shape index (κ3) is 4.02. The highest BCUT2D eigenvalue weighted by atomic mass is 15.3. The molecule has 4 heteroatoms. The molecule has 1 N–H and O–H groups in total. The molecule has 1 aromatic heterocycles. The molecule has 0 bridgehead atoms. The largest absolute Gasteiger partial charge is 0.310 e. The third-order valence-electron chi connectivity index (χ3n) is 6.32. The number of benzene rings is 1. The zero-order valence-corrected chi connectivity index (χ0v) is 16.0. The van der Waals surface area contributed by atoms with Crippen molar-refractivity contribution < 1.29 is 0 Å². The summed E-state index contributed by atoms with van der Waals surface area (Å²) >= 11 is 0. The summed E-state index contributed by atoms with van der Waals surface area (Å²) in [5.74, 6) is 0. The maximum atomic E-state index is 4.33. The first-order chi connectivity index (χ1) is 12.8. The summed E-state index contributed by atoms with van der Waals surface area (Å²) < 4.78 is 1.96. The van der Waals surface area contributed by atoms with E-state index in [4.69, 9.17) is 0 Å². The van der Waals surface area contributed by atoms with Crippen molar-refractivity contribution in [3.63, 3.8) is 0 Å². The van der Waals surface area contributed by atoms with E-state index in [2.05, 4.69) is 45.6 Å². The standard InChI is InChI=1S/C22H32N4/c1-25-22(11-14-24-25)21-10-6-5-7-18(21)17-23-19-12-15-26(16-13-19)20-8-3-2-4-9-20/h5-7,10-11,14,19-20,23H,2-4,8-9,12-13,15-17H2,1H3. The summed E-state index contributed by atoms with van der Waals surface area (Å²) in [7, 11) is 2.01. The molecule has 26 heavy (non-hydrogen) atoms. The lowest BCUT2D eigenvalue weighted by Gasteiger charge is -2.39. The molecule has 1 saturated carbocycles. The molecular weight excluding hydrogens is 320 g/mol. The van der Waals surface area contributed by atoms with Gasteiger partial charge in [0.15, 0.2) is 0 Å². The lowest BCUT2D eigenvalue weighted by Crippen LogP contribution is -2.47. The smallest absolute Gasteiger partial charge is 0.0682 e. The van der Waals surface area contributed by atoms with E-state index in [9.17, 15) is 0 Å². The Balaban J connectivity index is 1.32. The molecule has 0 amide bonds.